The highest BCUT2D eigenvalue weighted by Crippen LogP contribution is 2.20. The summed E-state index contributed by atoms with van der Waals surface area (Å²) in [6, 6.07) is 12.8. The van der Waals surface area contributed by atoms with Crippen LogP contribution in [0, 0.1) is 0 Å². The van der Waals surface area contributed by atoms with Crippen molar-refractivity contribution >= 4 is 46.3 Å². The second kappa shape index (κ2) is 8.24. The van der Waals surface area contributed by atoms with Crippen molar-refractivity contribution in [3.05, 3.63) is 82.2 Å². The molecule has 28 heavy (non-hydrogen) atoms. The zero-order valence-electron chi connectivity index (χ0n) is 14.6. The molecule has 1 amide bonds. The number of halogens is 1. The van der Waals surface area contributed by atoms with Crippen LogP contribution in [0.5, 0.6) is 5.75 Å². The lowest BCUT2D eigenvalue weighted by atomic mass is 10.3. The van der Waals surface area contributed by atoms with Crippen LogP contribution in [0.4, 0.5) is 5.69 Å². The Morgan fingerprint density at radius 2 is 2.21 bits per heavy atom. The molecule has 4 rings (SSSR count). The standard InChI is InChI=1S/C20H15ClN4O2S/c21-20-17(25-9-2-1-6-18(25)24-20)7-8-19(26)23-14-4-3-5-16(10-14)27-11-15-12-28-13-22-15/h1-10,12-13H,11H2,(H,23,26)/b8-7+. The number of carbonyl (C=O) groups is 1. The van der Waals surface area contributed by atoms with E-state index in [0.717, 1.165) is 11.3 Å². The number of carbonyl (C=O) groups excluding carboxylic acids is 1. The monoisotopic (exact) mass is 410 g/mol. The first-order chi connectivity index (χ1) is 13.7. The minimum absolute atomic E-state index is 0.279. The quantitative estimate of drug-likeness (QED) is 0.469. The molecule has 1 aromatic carbocycles. The number of amides is 1. The van der Waals surface area contributed by atoms with Crippen LogP contribution in [0.3, 0.4) is 0 Å². The highest BCUT2D eigenvalue weighted by molar-refractivity contribution is 7.07. The molecule has 0 fully saturated rings. The van der Waals surface area contributed by atoms with E-state index < -0.39 is 0 Å². The van der Waals surface area contributed by atoms with E-state index in [0.29, 0.717) is 28.9 Å². The average Bonchev–Trinajstić information content (AvgIpc) is 3.32. The van der Waals surface area contributed by atoms with Gasteiger partial charge in [0.1, 0.15) is 18.0 Å². The molecule has 0 atom stereocenters. The summed E-state index contributed by atoms with van der Waals surface area (Å²) in [4.78, 5) is 20.7. The predicted octanol–water partition coefficient (Wildman–Crippen LogP) is 4.68. The van der Waals surface area contributed by atoms with Gasteiger partial charge < -0.3 is 10.1 Å². The Morgan fingerprint density at radius 1 is 1.29 bits per heavy atom. The van der Waals surface area contributed by atoms with Crippen LogP contribution >= 0.6 is 22.9 Å². The lowest BCUT2D eigenvalue weighted by Gasteiger charge is -2.07. The third-order valence-electron chi connectivity index (χ3n) is 3.89. The Labute approximate surface area is 170 Å². The molecule has 3 aromatic heterocycles. The molecule has 0 unspecified atom stereocenters. The van der Waals surface area contributed by atoms with E-state index in [1.807, 2.05) is 46.3 Å². The number of ether oxygens (including phenoxy) is 1. The van der Waals surface area contributed by atoms with Crippen LogP contribution in [0.1, 0.15) is 11.4 Å². The van der Waals surface area contributed by atoms with Crippen LogP contribution in [-0.2, 0) is 11.4 Å². The van der Waals surface area contributed by atoms with E-state index in [4.69, 9.17) is 16.3 Å². The maximum absolute atomic E-state index is 12.3. The fourth-order valence-corrected chi connectivity index (χ4v) is 3.39. The largest absolute Gasteiger partial charge is 0.487 e. The first kappa shape index (κ1) is 18.2. The van der Waals surface area contributed by atoms with Gasteiger partial charge in [0.25, 0.3) is 0 Å². The fourth-order valence-electron chi connectivity index (χ4n) is 2.60. The molecule has 1 N–H and O–H groups in total. The minimum Gasteiger partial charge on any atom is -0.487 e. The van der Waals surface area contributed by atoms with Gasteiger partial charge in [0.05, 0.1) is 16.9 Å². The van der Waals surface area contributed by atoms with Gasteiger partial charge in [-0.25, -0.2) is 9.97 Å². The molecule has 0 saturated heterocycles. The summed E-state index contributed by atoms with van der Waals surface area (Å²) in [6.07, 6.45) is 4.90. The molecule has 8 heteroatoms. The van der Waals surface area contributed by atoms with E-state index >= 15 is 0 Å². The van der Waals surface area contributed by atoms with E-state index in [-0.39, 0.29) is 5.91 Å². The smallest absolute Gasteiger partial charge is 0.248 e. The van der Waals surface area contributed by atoms with Crippen LogP contribution in [0.15, 0.2) is 65.6 Å². The molecular formula is C20H15ClN4O2S. The number of nitrogens with zero attached hydrogens (tertiary/aromatic N) is 3. The SMILES string of the molecule is O=C(/C=C/c1c(Cl)nc2ccccn12)Nc1cccc(OCc2cscn2)c1. The summed E-state index contributed by atoms with van der Waals surface area (Å²) in [5.41, 5.74) is 4.63. The summed E-state index contributed by atoms with van der Waals surface area (Å²) in [7, 11) is 0. The van der Waals surface area contributed by atoms with Crippen molar-refractivity contribution in [2.24, 2.45) is 0 Å². The Hall–Kier alpha value is -3.16. The molecule has 3 heterocycles. The van der Waals surface area contributed by atoms with Gasteiger partial charge in [0, 0.05) is 29.4 Å². The summed E-state index contributed by atoms with van der Waals surface area (Å²) in [5, 5.41) is 5.09. The first-order valence-corrected chi connectivity index (χ1v) is 9.73. The normalized spacial score (nSPS) is 11.2. The molecule has 0 spiro atoms. The maximum atomic E-state index is 12.3. The van der Waals surface area contributed by atoms with Crippen LogP contribution in [0.25, 0.3) is 11.7 Å². The number of anilines is 1. The van der Waals surface area contributed by atoms with Crippen LogP contribution < -0.4 is 10.1 Å². The molecule has 0 radical (unpaired) electrons. The van der Waals surface area contributed by atoms with Crippen molar-refractivity contribution in [2.45, 2.75) is 6.61 Å². The Kier molecular flexibility index (Phi) is 5.36. The molecule has 0 saturated carbocycles. The van der Waals surface area contributed by atoms with E-state index in [2.05, 4.69) is 15.3 Å². The van der Waals surface area contributed by atoms with Gasteiger partial charge >= 0.3 is 0 Å². The van der Waals surface area contributed by atoms with Crippen molar-refractivity contribution in [2.75, 3.05) is 5.32 Å². The number of benzene rings is 1. The summed E-state index contributed by atoms with van der Waals surface area (Å²) in [5.74, 6) is 0.373. The Morgan fingerprint density at radius 3 is 3.07 bits per heavy atom. The lowest BCUT2D eigenvalue weighted by molar-refractivity contribution is -0.111. The molecule has 140 valence electrons. The number of hydrogen-bond donors (Lipinski definition) is 1. The second-order valence-electron chi connectivity index (χ2n) is 5.84. The third-order valence-corrected chi connectivity index (χ3v) is 4.80. The molecule has 0 bridgehead atoms. The van der Waals surface area contributed by atoms with Crippen molar-refractivity contribution in [1.82, 2.24) is 14.4 Å². The molecule has 0 aliphatic carbocycles. The number of hydrogen-bond acceptors (Lipinski definition) is 5. The van der Waals surface area contributed by atoms with E-state index in [1.165, 1.54) is 17.4 Å². The van der Waals surface area contributed by atoms with Gasteiger partial charge in [0.15, 0.2) is 5.15 Å². The Bertz CT molecular complexity index is 1140. The van der Waals surface area contributed by atoms with Gasteiger partial charge in [-0.05, 0) is 30.3 Å². The van der Waals surface area contributed by atoms with Gasteiger partial charge in [-0.1, -0.05) is 23.7 Å². The van der Waals surface area contributed by atoms with Gasteiger partial charge in [-0.3, -0.25) is 9.20 Å². The maximum Gasteiger partial charge on any atom is 0.248 e. The van der Waals surface area contributed by atoms with E-state index in [1.54, 1.807) is 23.7 Å². The van der Waals surface area contributed by atoms with Gasteiger partial charge in [-0.15, -0.1) is 11.3 Å². The molecule has 4 aromatic rings. The van der Waals surface area contributed by atoms with Crippen LogP contribution in [-0.4, -0.2) is 20.3 Å². The van der Waals surface area contributed by atoms with Gasteiger partial charge in [0.2, 0.25) is 5.91 Å². The topological polar surface area (TPSA) is 68.5 Å². The van der Waals surface area contributed by atoms with E-state index in [9.17, 15) is 4.79 Å². The molecular weight excluding hydrogens is 396 g/mol. The summed E-state index contributed by atoms with van der Waals surface area (Å²) in [6.45, 7) is 0.383. The van der Waals surface area contributed by atoms with Crippen molar-refractivity contribution < 1.29 is 9.53 Å². The number of thiazole rings is 1. The molecule has 0 aliphatic rings. The van der Waals surface area contributed by atoms with Crippen molar-refractivity contribution in [3.8, 4) is 5.75 Å². The summed E-state index contributed by atoms with van der Waals surface area (Å²) >= 11 is 7.69. The van der Waals surface area contributed by atoms with Crippen LogP contribution in [0.2, 0.25) is 5.15 Å². The van der Waals surface area contributed by atoms with Crippen molar-refractivity contribution in [3.63, 3.8) is 0 Å². The number of fused-ring (bicyclic) bond motifs is 1. The Balaban J connectivity index is 1.42. The highest BCUT2D eigenvalue weighted by Gasteiger charge is 2.07. The third kappa shape index (κ3) is 4.21. The molecule has 6 nitrogen and oxygen atoms in total. The highest BCUT2D eigenvalue weighted by atomic mass is 35.5. The molecule has 0 aliphatic heterocycles. The minimum atomic E-state index is -0.279. The number of nitrogens with one attached hydrogen (secondary N) is 1. The predicted molar refractivity (Wildman–Crippen MR) is 111 cm³/mol. The average molecular weight is 411 g/mol. The lowest BCUT2D eigenvalue weighted by Crippen LogP contribution is -2.08. The fraction of sp³-hybridized carbons (Fsp3) is 0.0500. The zero-order chi connectivity index (χ0) is 19.3. The first-order valence-electron chi connectivity index (χ1n) is 8.40. The number of imidazole rings is 1. The number of aromatic nitrogens is 3. The van der Waals surface area contributed by atoms with Gasteiger partial charge in [-0.2, -0.15) is 0 Å². The van der Waals surface area contributed by atoms with Crippen molar-refractivity contribution in [1.29, 1.82) is 0 Å². The number of pyridine rings is 1. The number of rotatable bonds is 6. The second-order valence-corrected chi connectivity index (χ2v) is 6.91. The zero-order valence-corrected chi connectivity index (χ0v) is 16.2. The summed E-state index contributed by atoms with van der Waals surface area (Å²) < 4.78 is 7.52.